The quantitative estimate of drug-likeness (QED) is 0.605. The third-order valence-corrected chi connectivity index (χ3v) is 6.39. The van der Waals surface area contributed by atoms with E-state index in [1.165, 1.54) is 0 Å². The second-order valence-electron chi connectivity index (χ2n) is 7.17. The standard InChI is InChI=1S/C21H22ClN3O3S/c22-16-4-1-3-15(13-16)21(8-10-27-11-9-21)14-23-18(26)6-7-19-24-20(25-28-19)17-5-2-12-29-17/h1-5,12-13H,6-11,14H2,(H,23,26). The molecule has 152 valence electrons. The lowest BCUT2D eigenvalue weighted by molar-refractivity contribution is -0.121. The van der Waals surface area contributed by atoms with Crippen molar-refractivity contribution in [3.05, 3.63) is 58.3 Å². The summed E-state index contributed by atoms with van der Waals surface area (Å²) in [4.78, 5) is 17.8. The number of halogens is 1. The summed E-state index contributed by atoms with van der Waals surface area (Å²) in [7, 11) is 0. The molecule has 6 nitrogen and oxygen atoms in total. The Bertz CT molecular complexity index is 952. The Labute approximate surface area is 178 Å². The molecule has 29 heavy (non-hydrogen) atoms. The first-order valence-corrected chi connectivity index (χ1v) is 10.9. The molecule has 0 atom stereocenters. The van der Waals surface area contributed by atoms with Gasteiger partial charge >= 0.3 is 0 Å². The predicted molar refractivity (Wildman–Crippen MR) is 112 cm³/mol. The zero-order chi connectivity index (χ0) is 20.1. The minimum Gasteiger partial charge on any atom is -0.381 e. The van der Waals surface area contributed by atoms with Gasteiger partial charge in [0.2, 0.25) is 17.6 Å². The van der Waals surface area contributed by atoms with Crippen LogP contribution in [0.4, 0.5) is 0 Å². The molecule has 0 radical (unpaired) electrons. The van der Waals surface area contributed by atoms with Crippen LogP contribution in [0.25, 0.3) is 10.7 Å². The summed E-state index contributed by atoms with van der Waals surface area (Å²) in [6.07, 6.45) is 2.41. The van der Waals surface area contributed by atoms with Gasteiger partial charge < -0.3 is 14.6 Å². The van der Waals surface area contributed by atoms with Crippen molar-refractivity contribution in [3.63, 3.8) is 0 Å². The van der Waals surface area contributed by atoms with Crippen LogP contribution in [0.15, 0.2) is 46.3 Å². The van der Waals surface area contributed by atoms with Crippen LogP contribution in [0, 0.1) is 0 Å². The Morgan fingerprint density at radius 3 is 2.86 bits per heavy atom. The lowest BCUT2D eigenvalue weighted by Crippen LogP contribution is -2.44. The Balaban J connectivity index is 1.35. The van der Waals surface area contributed by atoms with E-state index in [0.29, 0.717) is 49.3 Å². The first kappa shape index (κ1) is 20.1. The monoisotopic (exact) mass is 431 g/mol. The second kappa shape index (κ2) is 9.07. The fraction of sp³-hybridized carbons (Fsp3) is 0.381. The maximum atomic E-state index is 12.5. The van der Waals surface area contributed by atoms with Crippen molar-refractivity contribution in [2.24, 2.45) is 0 Å². The van der Waals surface area contributed by atoms with Crippen molar-refractivity contribution in [3.8, 4) is 10.7 Å². The summed E-state index contributed by atoms with van der Waals surface area (Å²) in [5, 5.41) is 9.74. The topological polar surface area (TPSA) is 77.2 Å². The highest BCUT2D eigenvalue weighted by atomic mass is 35.5. The Hall–Kier alpha value is -2.22. The van der Waals surface area contributed by atoms with Gasteiger partial charge in [0, 0.05) is 43.0 Å². The molecule has 0 spiro atoms. The van der Waals surface area contributed by atoms with Crippen LogP contribution in [0.1, 0.15) is 30.7 Å². The summed E-state index contributed by atoms with van der Waals surface area (Å²) in [6, 6.07) is 11.8. The molecular formula is C21H22ClN3O3S. The maximum absolute atomic E-state index is 12.5. The summed E-state index contributed by atoms with van der Waals surface area (Å²) in [6.45, 7) is 1.91. The van der Waals surface area contributed by atoms with Crippen molar-refractivity contribution in [1.82, 2.24) is 15.5 Å². The number of carbonyl (C=O) groups excluding carboxylic acids is 1. The van der Waals surface area contributed by atoms with Crippen molar-refractivity contribution in [2.75, 3.05) is 19.8 Å². The van der Waals surface area contributed by atoms with Crippen LogP contribution in [-0.4, -0.2) is 35.8 Å². The average molecular weight is 432 g/mol. The molecule has 0 unspecified atom stereocenters. The third-order valence-electron chi connectivity index (χ3n) is 5.29. The SMILES string of the molecule is O=C(CCc1nc(-c2cccs2)no1)NCC1(c2cccc(Cl)c2)CCOCC1. The first-order chi connectivity index (χ1) is 14.1. The first-order valence-electron chi connectivity index (χ1n) is 9.62. The average Bonchev–Trinajstić information content (AvgIpc) is 3.43. The molecule has 1 fully saturated rings. The van der Waals surface area contributed by atoms with Crippen LogP contribution in [0.5, 0.6) is 0 Å². The third kappa shape index (κ3) is 4.86. The maximum Gasteiger partial charge on any atom is 0.227 e. The van der Waals surface area contributed by atoms with Gasteiger partial charge in [-0.15, -0.1) is 11.3 Å². The van der Waals surface area contributed by atoms with Gasteiger partial charge in [-0.1, -0.05) is 35.0 Å². The van der Waals surface area contributed by atoms with Crippen molar-refractivity contribution in [1.29, 1.82) is 0 Å². The van der Waals surface area contributed by atoms with Gasteiger partial charge in [-0.3, -0.25) is 4.79 Å². The van der Waals surface area contributed by atoms with Crippen LogP contribution in [-0.2, 0) is 21.4 Å². The molecule has 1 N–H and O–H groups in total. The Kier molecular flexibility index (Phi) is 6.28. The lowest BCUT2D eigenvalue weighted by atomic mass is 9.74. The number of thiophene rings is 1. The van der Waals surface area contributed by atoms with Gasteiger partial charge in [-0.2, -0.15) is 4.98 Å². The minimum absolute atomic E-state index is 0.0335. The van der Waals surface area contributed by atoms with E-state index in [-0.39, 0.29) is 11.3 Å². The number of aromatic nitrogens is 2. The predicted octanol–water partition coefficient (Wildman–Crippen LogP) is 4.25. The van der Waals surface area contributed by atoms with E-state index in [4.69, 9.17) is 20.9 Å². The summed E-state index contributed by atoms with van der Waals surface area (Å²) in [5.41, 5.74) is 0.987. The number of ether oxygens (including phenoxy) is 1. The van der Waals surface area contributed by atoms with Crippen molar-refractivity contribution in [2.45, 2.75) is 31.1 Å². The number of rotatable bonds is 7. The van der Waals surface area contributed by atoms with E-state index in [9.17, 15) is 4.79 Å². The summed E-state index contributed by atoms with van der Waals surface area (Å²) in [5.74, 6) is 1.01. The van der Waals surface area contributed by atoms with Crippen LogP contribution in [0.2, 0.25) is 5.02 Å². The van der Waals surface area contributed by atoms with Gasteiger partial charge in [0.15, 0.2) is 0 Å². The van der Waals surface area contributed by atoms with Crippen molar-refractivity contribution >= 4 is 28.8 Å². The van der Waals surface area contributed by atoms with E-state index in [2.05, 4.69) is 21.5 Å². The molecule has 1 aromatic carbocycles. The number of benzene rings is 1. The molecule has 1 amide bonds. The second-order valence-corrected chi connectivity index (χ2v) is 8.55. The Morgan fingerprint density at radius 2 is 2.10 bits per heavy atom. The van der Waals surface area contributed by atoms with Crippen molar-refractivity contribution < 1.29 is 14.1 Å². The van der Waals surface area contributed by atoms with Gasteiger partial charge in [0.05, 0.1) is 4.88 Å². The smallest absolute Gasteiger partial charge is 0.227 e. The highest BCUT2D eigenvalue weighted by Crippen LogP contribution is 2.35. The van der Waals surface area contributed by atoms with Crippen LogP contribution >= 0.6 is 22.9 Å². The molecule has 0 bridgehead atoms. The zero-order valence-corrected chi connectivity index (χ0v) is 17.5. The fourth-order valence-corrected chi connectivity index (χ4v) is 4.43. The molecule has 1 saturated heterocycles. The van der Waals surface area contributed by atoms with Crippen LogP contribution in [0.3, 0.4) is 0 Å². The van der Waals surface area contributed by atoms with Gasteiger partial charge in [-0.25, -0.2) is 0 Å². The summed E-state index contributed by atoms with van der Waals surface area (Å²) < 4.78 is 10.8. The zero-order valence-electron chi connectivity index (χ0n) is 15.9. The van der Waals surface area contributed by atoms with Gasteiger partial charge in [0.1, 0.15) is 0 Å². The summed E-state index contributed by atoms with van der Waals surface area (Å²) >= 11 is 7.76. The number of carbonyl (C=O) groups is 1. The highest BCUT2D eigenvalue weighted by Gasteiger charge is 2.35. The molecule has 0 aliphatic carbocycles. The molecule has 2 aromatic heterocycles. The number of nitrogens with one attached hydrogen (secondary N) is 1. The molecule has 8 heteroatoms. The molecule has 4 rings (SSSR count). The number of amides is 1. The fourth-order valence-electron chi connectivity index (χ4n) is 3.59. The molecular weight excluding hydrogens is 410 g/mol. The number of hydrogen-bond acceptors (Lipinski definition) is 6. The van der Waals surface area contributed by atoms with E-state index in [1.54, 1.807) is 11.3 Å². The largest absolute Gasteiger partial charge is 0.381 e. The minimum atomic E-state index is -0.157. The lowest BCUT2D eigenvalue weighted by Gasteiger charge is -2.38. The highest BCUT2D eigenvalue weighted by molar-refractivity contribution is 7.13. The van der Waals surface area contributed by atoms with Crippen LogP contribution < -0.4 is 5.32 Å². The normalized spacial score (nSPS) is 15.9. The van der Waals surface area contributed by atoms with E-state index >= 15 is 0 Å². The molecule has 0 saturated carbocycles. The van der Waals surface area contributed by atoms with Gasteiger partial charge in [0.25, 0.3) is 0 Å². The van der Waals surface area contributed by atoms with Gasteiger partial charge in [-0.05, 0) is 42.0 Å². The molecule has 3 aromatic rings. The molecule has 1 aliphatic rings. The van der Waals surface area contributed by atoms with E-state index in [1.807, 2.05) is 35.7 Å². The number of hydrogen-bond donors (Lipinski definition) is 1. The van der Waals surface area contributed by atoms with E-state index < -0.39 is 0 Å². The Morgan fingerprint density at radius 1 is 1.24 bits per heavy atom. The molecule has 3 heterocycles. The number of aryl methyl sites for hydroxylation is 1. The van der Waals surface area contributed by atoms with E-state index in [0.717, 1.165) is 23.3 Å². The number of nitrogens with zero attached hydrogens (tertiary/aromatic N) is 2. The molecule has 1 aliphatic heterocycles.